The van der Waals surface area contributed by atoms with E-state index in [9.17, 15) is 24.0 Å². The molecule has 11 rings (SSSR count). The number of piperazine rings is 1. The van der Waals surface area contributed by atoms with Gasteiger partial charge in [0.1, 0.15) is 23.3 Å². The number of nitrogens with zero attached hydrogens (tertiary/aromatic N) is 8. The lowest BCUT2D eigenvalue weighted by Crippen LogP contribution is -2.54. The molecule has 0 bridgehead atoms. The number of hydrogen-bond donors (Lipinski definition) is 2. The third-order valence-corrected chi connectivity index (χ3v) is 16.0. The van der Waals surface area contributed by atoms with Crippen LogP contribution in [0.2, 0.25) is 0 Å². The molecule has 17 heteroatoms. The highest BCUT2D eigenvalue weighted by atomic mass is 19.1. The lowest BCUT2D eigenvalue weighted by Gasteiger charge is -2.40. The molecule has 5 aromatic rings. The van der Waals surface area contributed by atoms with E-state index in [1.54, 1.807) is 39.9 Å². The first kappa shape index (κ1) is 45.0. The Bertz CT molecular complexity index is 2920. The van der Waals surface area contributed by atoms with Gasteiger partial charge in [0.15, 0.2) is 0 Å². The molecule has 2 N–H and O–H groups in total. The molecule has 6 aliphatic rings. The average Bonchev–Trinajstić information content (AvgIpc) is 4.06. The number of hydrogen-bond acceptors (Lipinski definition) is 10. The van der Waals surface area contributed by atoms with Gasteiger partial charge in [0.05, 0.1) is 11.1 Å². The summed E-state index contributed by atoms with van der Waals surface area (Å²) in [6.07, 6.45) is 8.34. The van der Waals surface area contributed by atoms with Gasteiger partial charge in [0, 0.05) is 131 Å². The molecule has 4 saturated heterocycles. The Morgan fingerprint density at radius 1 is 0.826 bits per heavy atom. The molecule has 15 nitrogen and oxygen atoms in total. The summed E-state index contributed by atoms with van der Waals surface area (Å²) in [5.74, 6) is -2.28. The predicted molar refractivity (Wildman–Crippen MR) is 258 cm³/mol. The van der Waals surface area contributed by atoms with Crippen LogP contribution in [0.25, 0.3) is 16.7 Å². The Morgan fingerprint density at radius 3 is 2.25 bits per heavy atom. The van der Waals surface area contributed by atoms with Gasteiger partial charge in [-0.2, -0.15) is 0 Å². The van der Waals surface area contributed by atoms with E-state index in [4.69, 9.17) is 0 Å². The van der Waals surface area contributed by atoms with Crippen LogP contribution in [0.1, 0.15) is 84.5 Å². The molecule has 8 heterocycles. The highest BCUT2D eigenvalue weighted by molar-refractivity contribution is 6.15. The van der Waals surface area contributed by atoms with E-state index in [1.165, 1.54) is 12.1 Å². The summed E-state index contributed by atoms with van der Waals surface area (Å²) >= 11 is 0. The van der Waals surface area contributed by atoms with Crippen LogP contribution < -0.4 is 26.0 Å². The van der Waals surface area contributed by atoms with Crippen molar-refractivity contribution in [3.8, 4) is 5.69 Å². The van der Waals surface area contributed by atoms with Crippen LogP contribution in [0.3, 0.4) is 0 Å². The summed E-state index contributed by atoms with van der Waals surface area (Å²) < 4.78 is 35.4. The Kier molecular flexibility index (Phi) is 11.6. The maximum absolute atomic E-state index is 15.9. The van der Waals surface area contributed by atoms with E-state index in [-0.39, 0.29) is 46.7 Å². The fraction of sp³-hybridized carbons (Fsp3) is 0.462. The van der Waals surface area contributed by atoms with Gasteiger partial charge < -0.3 is 19.7 Å². The van der Waals surface area contributed by atoms with Crippen molar-refractivity contribution >= 4 is 51.7 Å². The number of pyridine rings is 2. The molecular weight excluding hydrogens is 883 g/mol. The molecule has 5 fully saturated rings. The number of aryl methyl sites for hydroxylation is 1. The van der Waals surface area contributed by atoms with Gasteiger partial charge in [0.25, 0.3) is 11.5 Å². The minimum absolute atomic E-state index is 0.0278. The molecule has 4 amide bonds. The van der Waals surface area contributed by atoms with E-state index >= 15 is 8.78 Å². The molecule has 1 spiro atoms. The second-order valence-corrected chi connectivity index (χ2v) is 20.0. The topological polar surface area (TPSA) is 148 Å². The highest BCUT2D eigenvalue weighted by Gasteiger charge is 2.61. The Hall–Kier alpha value is -6.46. The maximum Gasteiger partial charge on any atom is 0.257 e. The molecule has 3 aromatic heterocycles. The number of nitrogens with one attached hydrogen (secondary N) is 2. The molecule has 2 aromatic carbocycles. The molecule has 1 atom stereocenters. The third-order valence-electron chi connectivity index (χ3n) is 16.0. The van der Waals surface area contributed by atoms with Crippen molar-refractivity contribution in [1.29, 1.82) is 0 Å². The predicted octanol–water partition coefficient (Wildman–Crippen LogP) is 5.28. The van der Waals surface area contributed by atoms with E-state index in [0.29, 0.717) is 57.9 Å². The van der Waals surface area contributed by atoms with Crippen molar-refractivity contribution in [2.45, 2.75) is 75.3 Å². The number of rotatable bonds is 10. The summed E-state index contributed by atoms with van der Waals surface area (Å²) in [7, 11) is 3.73. The van der Waals surface area contributed by atoms with Crippen molar-refractivity contribution in [3.63, 3.8) is 0 Å². The van der Waals surface area contributed by atoms with Gasteiger partial charge in [-0.25, -0.2) is 13.8 Å². The van der Waals surface area contributed by atoms with Gasteiger partial charge >= 0.3 is 0 Å². The number of fused-ring (bicyclic) bond motifs is 3. The number of aromatic nitrogens is 3. The number of anilines is 3. The minimum Gasteiger partial charge on any atom is -0.388 e. The highest BCUT2D eigenvalue weighted by Crippen LogP contribution is 2.58. The largest absolute Gasteiger partial charge is 0.388 e. The second kappa shape index (κ2) is 17.8. The fourth-order valence-electron chi connectivity index (χ4n) is 11.8. The zero-order valence-electron chi connectivity index (χ0n) is 39.2. The van der Waals surface area contributed by atoms with Crippen LogP contribution in [0.4, 0.5) is 25.8 Å². The Balaban J connectivity index is 0.658. The summed E-state index contributed by atoms with van der Waals surface area (Å²) in [5.41, 5.74) is 5.53. The van der Waals surface area contributed by atoms with Crippen molar-refractivity contribution in [3.05, 3.63) is 111 Å². The monoisotopic (exact) mass is 940 g/mol. The number of carbonyl (C=O) groups excluding carboxylic acids is 4. The lowest BCUT2D eigenvalue weighted by atomic mass is 9.87. The van der Waals surface area contributed by atoms with Crippen LogP contribution >= 0.6 is 0 Å². The summed E-state index contributed by atoms with van der Waals surface area (Å²) in [6.45, 7) is 7.35. The summed E-state index contributed by atoms with van der Waals surface area (Å²) in [4.78, 5) is 80.0. The van der Waals surface area contributed by atoms with Crippen LogP contribution in [-0.4, -0.2) is 124 Å². The van der Waals surface area contributed by atoms with Crippen molar-refractivity contribution in [2.75, 3.05) is 81.1 Å². The zero-order chi connectivity index (χ0) is 47.7. The molecule has 0 unspecified atom stereocenters. The third kappa shape index (κ3) is 8.16. The van der Waals surface area contributed by atoms with Crippen molar-refractivity contribution in [1.82, 2.24) is 34.1 Å². The first-order chi connectivity index (χ1) is 33.4. The Morgan fingerprint density at radius 2 is 1.57 bits per heavy atom. The quantitative estimate of drug-likeness (QED) is 0.177. The van der Waals surface area contributed by atoms with Gasteiger partial charge in [-0.15, -0.1) is 0 Å². The molecule has 0 radical (unpaired) electrons. The van der Waals surface area contributed by atoms with Gasteiger partial charge in [0.2, 0.25) is 17.7 Å². The lowest BCUT2D eigenvalue weighted by molar-refractivity contribution is -0.135. The number of benzene rings is 2. The molecule has 5 aliphatic heterocycles. The fourth-order valence-corrected chi connectivity index (χ4v) is 11.8. The summed E-state index contributed by atoms with van der Waals surface area (Å²) in [5, 5.41) is 6.27. The van der Waals surface area contributed by atoms with Gasteiger partial charge in [-0.3, -0.25) is 48.6 Å². The second-order valence-electron chi connectivity index (χ2n) is 20.0. The number of halogens is 2. The van der Waals surface area contributed by atoms with Crippen LogP contribution in [0, 0.1) is 17.6 Å². The van der Waals surface area contributed by atoms with E-state index < -0.39 is 29.0 Å². The van der Waals surface area contributed by atoms with Crippen molar-refractivity contribution in [2.24, 2.45) is 13.0 Å². The van der Waals surface area contributed by atoms with Crippen LogP contribution in [0.5, 0.6) is 0 Å². The van der Waals surface area contributed by atoms with E-state index in [1.807, 2.05) is 35.9 Å². The minimum atomic E-state index is -0.666. The van der Waals surface area contributed by atoms with Crippen LogP contribution in [0.15, 0.2) is 71.8 Å². The first-order valence-electron chi connectivity index (χ1n) is 24.5. The molecule has 1 saturated carbocycles. The number of imide groups is 1. The number of piperidine rings is 3. The number of amides is 4. The van der Waals surface area contributed by atoms with E-state index in [2.05, 4.69) is 42.5 Å². The van der Waals surface area contributed by atoms with Crippen LogP contribution in [-0.2, 0) is 33.4 Å². The smallest absolute Gasteiger partial charge is 0.257 e. The SMILES string of the molecule is CNc1ccn(-c2ccnc3c2cc(CN2CCC(c4c(F)cc(C(=O)N5CCC(CN6CCN(c7ccc8c(c7)C7(CC7)C(=O)N8[C@H]7CCC(=O)NC7=O)CC6)CC5)cc4F)CC2)n3C)c(=O)c1. The van der Waals surface area contributed by atoms with E-state index in [0.717, 1.165) is 103 Å². The van der Waals surface area contributed by atoms with Crippen molar-refractivity contribution < 1.29 is 28.0 Å². The molecule has 360 valence electrons. The number of likely N-dealkylation sites (tertiary alicyclic amines) is 2. The summed E-state index contributed by atoms with van der Waals surface area (Å²) in [6, 6.07) is 15.3. The average molecular weight is 941 g/mol. The van der Waals surface area contributed by atoms with Gasteiger partial charge in [-0.05, 0) is 124 Å². The molecule has 69 heavy (non-hydrogen) atoms. The molecular formula is C52H58F2N10O5. The zero-order valence-corrected chi connectivity index (χ0v) is 39.2. The standard InChI is InChI=1S/C52H58F2N10O5/c1-55-35-12-20-63(46(66)27-35)42-7-15-56-48-38(42)28-37(58(48)2)31-59-16-10-33(11-17-59)47-40(53)25-34(26-41(47)54)50(68)62-18-8-32(9-19-62)30-60-21-23-61(24-22-60)36-3-4-43-39(29-36)52(13-14-52)51(69)64(43)44-5-6-45(65)57-49(44)67/h3-4,7,12,15,20,25-29,32-33,44,55H,5-6,8-11,13-14,16-19,21-24,30-31H2,1-2H3,(H,57,65,67)/t44-/m0/s1. The number of carbonyl (C=O) groups is 4. The van der Waals surface area contributed by atoms with Gasteiger partial charge in [-0.1, -0.05) is 0 Å². The normalized spacial score (nSPS) is 21.4. The maximum atomic E-state index is 15.9. The Labute approximate surface area is 399 Å². The first-order valence-corrected chi connectivity index (χ1v) is 24.5. The molecule has 1 aliphatic carbocycles.